The number of amides is 1. The van der Waals surface area contributed by atoms with Gasteiger partial charge in [-0.1, -0.05) is 18.2 Å². The molecular formula is C14H13N5O. The molecule has 0 fully saturated rings. The Hall–Kier alpha value is -2.89. The minimum atomic E-state index is -0.310. The van der Waals surface area contributed by atoms with Crippen molar-refractivity contribution in [3.63, 3.8) is 0 Å². The van der Waals surface area contributed by atoms with E-state index in [0.717, 1.165) is 5.39 Å². The van der Waals surface area contributed by atoms with Gasteiger partial charge >= 0.3 is 0 Å². The third kappa shape index (κ3) is 2.18. The van der Waals surface area contributed by atoms with E-state index in [9.17, 15) is 4.79 Å². The molecule has 2 aromatic heterocycles. The fourth-order valence-corrected chi connectivity index (χ4v) is 2.00. The number of benzene rings is 1. The van der Waals surface area contributed by atoms with Crippen LogP contribution in [0.5, 0.6) is 0 Å². The summed E-state index contributed by atoms with van der Waals surface area (Å²) in [7, 11) is 1.78. The maximum absolute atomic E-state index is 12.2. The Kier molecular flexibility index (Phi) is 2.83. The van der Waals surface area contributed by atoms with Crippen LogP contribution < -0.4 is 11.1 Å². The Morgan fingerprint density at radius 1 is 1.35 bits per heavy atom. The molecule has 2 heterocycles. The highest BCUT2D eigenvalue weighted by atomic mass is 16.1. The lowest BCUT2D eigenvalue weighted by Gasteiger charge is -2.06. The monoisotopic (exact) mass is 267 g/mol. The highest BCUT2D eigenvalue weighted by molar-refractivity contribution is 6.05. The third-order valence-corrected chi connectivity index (χ3v) is 2.94. The number of carbonyl (C=O) groups excluding carboxylic acids is 1. The van der Waals surface area contributed by atoms with E-state index in [2.05, 4.69) is 15.4 Å². The van der Waals surface area contributed by atoms with Gasteiger partial charge in [0.15, 0.2) is 0 Å². The van der Waals surface area contributed by atoms with Gasteiger partial charge in [-0.25, -0.2) is 4.98 Å². The number of carbonyl (C=O) groups is 1. The van der Waals surface area contributed by atoms with E-state index >= 15 is 0 Å². The maximum Gasteiger partial charge on any atom is 0.274 e. The molecule has 3 rings (SSSR count). The molecular weight excluding hydrogens is 254 g/mol. The maximum atomic E-state index is 12.2. The largest absolute Gasteiger partial charge is 0.398 e. The van der Waals surface area contributed by atoms with Gasteiger partial charge in [-0.2, -0.15) is 5.10 Å². The molecule has 0 bridgehead atoms. The van der Waals surface area contributed by atoms with Gasteiger partial charge in [-0.15, -0.1) is 0 Å². The van der Waals surface area contributed by atoms with E-state index in [1.54, 1.807) is 30.2 Å². The van der Waals surface area contributed by atoms with Crippen molar-refractivity contribution in [3.8, 4) is 0 Å². The van der Waals surface area contributed by atoms with Crippen molar-refractivity contribution in [2.75, 3.05) is 11.1 Å². The Balaban J connectivity index is 1.95. The number of rotatable bonds is 2. The minimum absolute atomic E-state index is 0.282. The Bertz CT molecular complexity index is 793. The summed E-state index contributed by atoms with van der Waals surface area (Å²) in [6.45, 7) is 0. The molecule has 0 aliphatic heterocycles. The molecule has 0 spiro atoms. The second kappa shape index (κ2) is 4.65. The van der Waals surface area contributed by atoms with Crippen LogP contribution in [-0.4, -0.2) is 20.7 Å². The summed E-state index contributed by atoms with van der Waals surface area (Å²) in [5, 5.41) is 7.56. The van der Waals surface area contributed by atoms with Gasteiger partial charge in [0.05, 0.1) is 17.4 Å². The van der Waals surface area contributed by atoms with E-state index in [1.165, 1.54) is 0 Å². The number of hydrogen-bond donors (Lipinski definition) is 2. The first-order valence-corrected chi connectivity index (χ1v) is 6.09. The van der Waals surface area contributed by atoms with E-state index < -0.39 is 0 Å². The number of anilines is 2. The topological polar surface area (TPSA) is 85.8 Å². The van der Waals surface area contributed by atoms with Gasteiger partial charge in [0, 0.05) is 24.3 Å². The molecule has 6 nitrogen and oxygen atoms in total. The molecule has 1 aromatic carbocycles. The zero-order valence-electron chi connectivity index (χ0n) is 10.9. The fourth-order valence-electron chi connectivity index (χ4n) is 2.00. The molecule has 20 heavy (non-hydrogen) atoms. The van der Waals surface area contributed by atoms with Crippen LogP contribution in [0.1, 0.15) is 10.5 Å². The quantitative estimate of drug-likeness (QED) is 0.741. The van der Waals surface area contributed by atoms with Crippen LogP contribution in [0.2, 0.25) is 0 Å². The molecule has 6 heteroatoms. The molecule has 100 valence electrons. The van der Waals surface area contributed by atoms with Gasteiger partial charge in [0.2, 0.25) is 0 Å². The summed E-state index contributed by atoms with van der Waals surface area (Å²) in [4.78, 5) is 16.5. The van der Waals surface area contributed by atoms with Crippen molar-refractivity contribution in [3.05, 3.63) is 48.4 Å². The fraction of sp³-hybridized carbons (Fsp3) is 0.0714. The number of hydrogen-bond acceptors (Lipinski definition) is 4. The van der Waals surface area contributed by atoms with Crippen LogP contribution in [0.4, 0.5) is 11.4 Å². The molecule has 0 radical (unpaired) electrons. The molecule has 0 atom stereocenters. The van der Waals surface area contributed by atoms with Gasteiger partial charge in [-0.3, -0.25) is 9.48 Å². The summed E-state index contributed by atoms with van der Waals surface area (Å²) in [5.74, 6) is -0.310. The summed E-state index contributed by atoms with van der Waals surface area (Å²) >= 11 is 0. The molecule has 0 unspecified atom stereocenters. The van der Waals surface area contributed by atoms with E-state index in [-0.39, 0.29) is 11.6 Å². The standard InChI is InChI=1S/C14H13N5O/c1-19-8-9(7-16-19)17-14(20)13-6-11(15)10-4-2-3-5-12(10)18-13/h2-8H,1H3,(H2,15,18)(H,17,20). The molecule has 0 aliphatic carbocycles. The smallest absolute Gasteiger partial charge is 0.274 e. The molecule has 0 saturated carbocycles. The number of aromatic nitrogens is 3. The average molecular weight is 267 g/mol. The molecule has 0 aliphatic rings. The number of pyridine rings is 1. The van der Waals surface area contributed by atoms with Crippen molar-refractivity contribution in [2.24, 2.45) is 7.05 Å². The normalized spacial score (nSPS) is 10.7. The zero-order chi connectivity index (χ0) is 14.1. The zero-order valence-corrected chi connectivity index (χ0v) is 10.9. The van der Waals surface area contributed by atoms with Crippen LogP contribution in [0.15, 0.2) is 42.7 Å². The Labute approximate surface area is 115 Å². The molecule has 3 N–H and O–H groups in total. The number of nitrogens with one attached hydrogen (secondary N) is 1. The van der Waals surface area contributed by atoms with Crippen LogP contribution in [-0.2, 0) is 7.05 Å². The summed E-state index contributed by atoms with van der Waals surface area (Å²) in [6.07, 6.45) is 3.28. The van der Waals surface area contributed by atoms with Crippen LogP contribution in [0.3, 0.4) is 0 Å². The first kappa shape index (κ1) is 12.2. The van der Waals surface area contributed by atoms with E-state index in [4.69, 9.17) is 5.73 Å². The van der Waals surface area contributed by atoms with E-state index in [1.807, 2.05) is 24.3 Å². The lowest BCUT2D eigenvalue weighted by molar-refractivity contribution is 0.102. The predicted octanol–water partition coefficient (Wildman–Crippen LogP) is 1.80. The second-order valence-corrected chi connectivity index (χ2v) is 4.47. The number of aryl methyl sites for hydroxylation is 1. The number of fused-ring (bicyclic) bond motifs is 1. The van der Waals surface area contributed by atoms with Gasteiger partial charge < -0.3 is 11.1 Å². The van der Waals surface area contributed by atoms with Crippen molar-refractivity contribution < 1.29 is 4.79 Å². The van der Waals surface area contributed by atoms with Gasteiger partial charge in [0.1, 0.15) is 5.69 Å². The lowest BCUT2D eigenvalue weighted by Crippen LogP contribution is -2.14. The predicted molar refractivity (Wildman–Crippen MR) is 77.3 cm³/mol. The van der Waals surface area contributed by atoms with Crippen molar-refractivity contribution in [1.29, 1.82) is 0 Å². The summed E-state index contributed by atoms with van der Waals surface area (Å²) in [5.41, 5.74) is 8.09. The first-order chi connectivity index (χ1) is 9.63. The van der Waals surface area contributed by atoms with Crippen molar-refractivity contribution >= 4 is 28.2 Å². The number of nitrogens with zero attached hydrogens (tertiary/aromatic N) is 3. The second-order valence-electron chi connectivity index (χ2n) is 4.47. The highest BCUT2D eigenvalue weighted by Crippen LogP contribution is 2.20. The Morgan fingerprint density at radius 3 is 2.90 bits per heavy atom. The first-order valence-electron chi connectivity index (χ1n) is 6.09. The van der Waals surface area contributed by atoms with Gasteiger partial charge in [0.25, 0.3) is 5.91 Å². The molecule has 3 aromatic rings. The van der Waals surface area contributed by atoms with Crippen molar-refractivity contribution in [2.45, 2.75) is 0 Å². The number of nitrogen functional groups attached to an aromatic ring is 1. The minimum Gasteiger partial charge on any atom is -0.398 e. The van der Waals surface area contributed by atoms with Gasteiger partial charge in [-0.05, 0) is 12.1 Å². The lowest BCUT2D eigenvalue weighted by atomic mass is 10.1. The third-order valence-electron chi connectivity index (χ3n) is 2.94. The summed E-state index contributed by atoms with van der Waals surface area (Å²) in [6, 6.07) is 9.02. The molecule has 1 amide bonds. The van der Waals surface area contributed by atoms with Crippen molar-refractivity contribution in [1.82, 2.24) is 14.8 Å². The molecule has 0 saturated heterocycles. The number of nitrogens with two attached hydrogens (primary N) is 1. The SMILES string of the molecule is Cn1cc(NC(=O)c2cc(N)c3ccccc3n2)cn1. The number of para-hydroxylation sites is 1. The van der Waals surface area contributed by atoms with E-state index in [0.29, 0.717) is 16.9 Å². The van der Waals surface area contributed by atoms with Crippen LogP contribution in [0, 0.1) is 0 Å². The van der Waals surface area contributed by atoms with Crippen LogP contribution >= 0.6 is 0 Å². The Morgan fingerprint density at radius 2 is 2.15 bits per heavy atom. The summed E-state index contributed by atoms with van der Waals surface area (Å²) < 4.78 is 1.61. The van der Waals surface area contributed by atoms with Crippen LogP contribution in [0.25, 0.3) is 10.9 Å². The highest BCUT2D eigenvalue weighted by Gasteiger charge is 2.11. The average Bonchev–Trinajstić information content (AvgIpc) is 2.84.